The van der Waals surface area contributed by atoms with E-state index in [9.17, 15) is 24.5 Å². The van der Waals surface area contributed by atoms with Crippen molar-refractivity contribution in [3.63, 3.8) is 0 Å². The van der Waals surface area contributed by atoms with Crippen LogP contribution in [0.25, 0.3) is 0 Å². The number of nitro groups is 1. The number of esters is 2. The second-order valence-electron chi connectivity index (χ2n) is 8.00. The van der Waals surface area contributed by atoms with E-state index in [2.05, 4.69) is 10.3 Å². The van der Waals surface area contributed by atoms with Gasteiger partial charge in [0.15, 0.2) is 5.69 Å². The van der Waals surface area contributed by atoms with Crippen molar-refractivity contribution in [2.45, 2.75) is 49.6 Å². The highest BCUT2D eigenvalue weighted by Crippen LogP contribution is 2.52. The number of amides is 1. The Balaban J connectivity index is 1.52. The molecule has 2 aliphatic heterocycles. The van der Waals surface area contributed by atoms with Crippen molar-refractivity contribution in [1.29, 1.82) is 0 Å². The van der Waals surface area contributed by atoms with Crippen molar-refractivity contribution in [3.8, 4) is 0 Å². The first-order valence-corrected chi connectivity index (χ1v) is 10.9. The highest BCUT2D eigenvalue weighted by atomic mass is 32.2. The van der Waals surface area contributed by atoms with Crippen molar-refractivity contribution in [2.75, 3.05) is 7.11 Å². The Morgan fingerprint density at radius 3 is 2.64 bits per heavy atom. The van der Waals surface area contributed by atoms with Gasteiger partial charge in [0.05, 0.1) is 40.8 Å². The Morgan fingerprint density at radius 2 is 2.03 bits per heavy atom. The summed E-state index contributed by atoms with van der Waals surface area (Å²) in [6.07, 6.45) is 0.330. The maximum atomic E-state index is 13.1. The summed E-state index contributed by atoms with van der Waals surface area (Å²) in [5.41, 5.74) is 1.10. The summed E-state index contributed by atoms with van der Waals surface area (Å²) in [5, 5.41) is 18.6. The van der Waals surface area contributed by atoms with Crippen LogP contribution in [0.5, 0.6) is 0 Å². The second kappa shape index (κ2) is 8.46. The summed E-state index contributed by atoms with van der Waals surface area (Å²) >= 11 is 1.48. The zero-order chi connectivity index (χ0) is 23.9. The lowest BCUT2D eigenvalue weighted by molar-refractivity contribution is -0.384. The van der Waals surface area contributed by atoms with Crippen LogP contribution >= 0.6 is 11.8 Å². The lowest BCUT2D eigenvalue weighted by Crippen LogP contribution is -2.58. The number of benzene rings is 1. The Morgan fingerprint density at radius 1 is 1.33 bits per heavy atom. The maximum absolute atomic E-state index is 13.1. The number of thioether (sulfide) groups is 1. The fourth-order valence-electron chi connectivity index (χ4n) is 4.01. The summed E-state index contributed by atoms with van der Waals surface area (Å²) in [6.45, 7) is 3.65. The number of nitrogens with zero attached hydrogens (tertiary/aromatic N) is 5. The van der Waals surface area contributed by atoms with Gasteiger partial charge in [-0.25, -0.2) is 14.3 Å². The lowest BCUT2D eigenvalue weighted by atomic mass is 9.96. The number of rotatable bonds is 7. The van der Waals surface area contributed by atoms with E-state index in [0.717, 1.165) is 0 Å². The number of β-lactam (4-membered cyclic amide) rings is 1. The van der Waals surface area contributed by atoms with E-state index in [1.807, 2.05) is 6.92 Å². The van der Waals surface area contributed by atoms with Crippen LogP contribution in [0.2, 0.25) is 0 Å². The van der Waals surface area contributed by atoms with E-state index < -0.39 is 27.7 Å². The lowest BCUT2D eigenvalue weighted by Gasteiger charge is -2.37. The summed E-state index contributed by atoms with van der Waals surface area (Å²) in [7, 11) is 1.25. The molecule has 12 nitrogen and oxygen atoms in total. The molecule has 0 bridgehead atoms. The molecule has 0 N–H and O–H groups in total. The molecule has 1 aromatic heterocycles. The minimum Gasteiger partial charge on any atom is -0.464 e. The molecule has 2 fully saturated rings. The van der Waals surface area contributed by atoms with Crippen LogP contribution in [0.1, 0.15) is 35.1 Å². The van der Waals surface area contributed by atoms with E-state index in [0.29, 0.717) is 17.7 Å². The van der Waals surface area contributed by atoms with Gasteiger partial charge in [-0.3, -0.25) is 14.9 Å². The number of methoxy groups -OCH3 is 1. The highest BCUT2D eigenvalue weighted by molar-refractivity contribution is 8.01. The average Bonchev–Trinajstić information content (AvgIpc) is 3.25. The molecular weight excluding hydrogens is 454 g/mol. The molecule has 1 amide bonds. The third kappa shape index (κ3) is 4.03. The summed E-state index contributed by atoms with van der Waals surface area (Å²) < 4.78 is 11.0. The van der Waals surface area contributed by atoms with Gasteiger partial charge in [-0.1, -0.05) is 5.21 Å². The molecule has 1 aromatic carbocycles. The smallest absolute Gasteiger partial charge is 0.360 e. The van der Waals surface area contributed by atoms with Gasteiger partial charge < -0.3 is 14.4 Å². The van der Waals surface area contributed by atoms with Gasteiger partial charge in [0.25, 0.3) is 5.69 Å². The third-order valence-corrected chi connectivity index (χ3v) is 7.34. The maximum Gasteiger partial charge on any atom is 0.360 e. The van der Waals surface area contributed by atoms with Gasteiger partial charge >= 0.3 is 11.9 Å². The van der Waals surface area contributed by atoms with Crippen molar-refractivity contribution in [3.05, 3.63) is 51.3 Å². The average molecular weight is 475 g/mol. The van der Waals surface area contributed by atoms with E-state index in [1.165, 1.54) is 52.7 Å². The molecule has 2 saturated heterocycles. The number of nitro benzene ring substituents is 1. The van der Waals surface area contributed by atoms with Gasteiger partial charge in [0.1, 0.15) is 12.6 Å². The molecule has 0 saturated carbocycles. The largest absolute Gasteiger partial charge is 0.464 e. The Bertz CT molecular complexity index is 1130. The van der Waals surface area contributed by atoms with Gasteiger partial charge in [-0.05, 0) is 31.5 Å². The third-order valence-electron chi connectivity index (χ3n) is 5.79. The van der Waals surface area contributed by atoms with Crippen LogP contribution in [0.4, 0.5) is 5.69 Å². The number of fused-ring (bicyclic) bond motifs is 1. The van der Waals surface area contributed by atoms with Crippen molar-refractivity contribution < 1.29 is 28.8 Å². The van der Waals surface area contributed by atoms with Crippen molar-refractivity contribution in [1.82, 2.24) is 19.9 Å². The molecule has 0 radical (unpaired) electrons. The molecule has 174 valence electrons. The Kier molecular flexibility index (Phi) is 5.82. The number of carbonyl (C=O) groups is 3. The number of hydrogen-bond donors (Lipinski definition) is 0. The normalized spacial score (nSPS) is 23.6. The monoisotopic (exact) mass is 475 g/mol. The van der Waals surface area contributed by atoms with E-state index in [4.69, 9.17) is 9.47 Å². The molecule has 0 unspecified atom stereocenters. The predicted octanol–water partition coefficient (Wildman–Crippen LogP) is 1.46. The fourth-order valence-corrected chi connectivity index (χ4v) is 5.74. The van der Waals surface area contributed by atoms with Crippen LogP contribution in [0.3, 0.4) is 0 Å². The number of non-ortho nitro benzene ring substituents is 1. The van der Waals surface area contributed by atoms with Crippen LogP contribution in [-0.2, 0) is 32.2 Å². The zero-order valence-electron chi connectivity index (χ0n) is 18.1. The first-order chi connectivity index (χ1) is 15.6. The van der Waals surface area contributed by atoms with E-state index >= 15 is 0 Å². The van der Waals surface area contributed by atoms with Gasteiger partial charge in [0, 0.05) is 12.1 Å². The van der Waals surface area contributed by atoms with Crippen molar-refractivity contribution >= 4 is 35.3 Å². The molecule has 2 aliphatic rings. The fraction of sp³-hybridized carbons (Fsp3) is 0.450. The molecule has 33 heavy (non-hydrogen) atoms. The topological polar surface area (TPSA) is 147 Å². The molecule has 4 rings (SSSR count). The summed E-state index contributed by atoms with van der Waals surface area (Å²) in [4.78, 5) is 49.1. The first-order valence-electron chi connectivity index (χ1n) is 10.0. The molecule has 0 spiro atoms. The number of ether oxygens (including phenoxy) is 2. The SMILES string of the molecule is COC(=O)c1nnn(C[C@]2(C)S[C@@H]3CC(=O)N3[C@H]2C(=O)OCc2ccc([N+](=O)[O-])cc2)c1C. The minimum absolute atomic E-state index is 0.0617. The number of aromatic nitrogens is 3. The minimum atomic E-state index is -0.864. The van der Waals surface area contributed by atoms with Gasteiger partial charge in [-0.15, -0.1) is 16.9 Å². The van der Waals surface area contributed by atoms with Crippen molar-refractivity contribution in [2.24, 2.45) is 0 Å². The standard InChI is InChI=1S/C20H21N5O7S/c1-11-16(18(27)31-3)21-22-23(11)10-20(2)17(24-14(26)8-15(24)33-20)19(28)32-9-12-4-6-13(7-5-12)25(29)30/h4-7,15,17H,8-10H2,1-3H3/t15-,17+,20+/m1/s1. The van der Waals surface area contributed by atoms with E-state index in [1.54, 1.807) is 6.92 Å². The van der Waals surface area contributed by atoms with Crippen LogP contribution in [0.15, 0.2) is 24.3 Å². The zero-order valence-corrected chi connectivity index (χ0v) is 18.9. The van der Waals surface area contributed by atoms with E-state index in [-0.39, 0.29) is 35.8 Å². The molecule has 3 heterocycles. The van der Waals surface area contributed by atoms with Crippen LogP contribution in [0, 0.1) is 17.0 Å². The van der Waals surface area contributed by atoms with Gasteiger partial charge in [-0.2, -0.15) is 0 Å². The summed E-state index contributed by atoms with van der Waals surface area (Å²) in [5.74, 6) is -1.33. The number of carbonyl (C=O) groups excluding carboxylic acids is 3. The van der Waals surface area contributed by atoms with Crippen LogP contribution in [-0.4, -0.2) is 65.9 Å². The first kappa shape index (κ1) is 22.7. The summed E-state index contributed by atoms with van der Waals surface area (Å²) in [6, 6.07) is 4.83. The molecular formula is C20H21N5O7S. The van der Waals surface area contributed by atoms with Crippen LogP contribution < -0.4 is 0 Å². The predicted molar refractivity (Wildman–Crippen MR) is 114 cm³/mol. The van der Waals surface area contributed by atoms with Gasteiger partial charge in [0.2, 0.25) is 5.91 Å². The molecule has 13 heteroatoms. The molecule has 3 atom stereocenters. The molecule has 0 aliphatic carbocycles. The second-order valence-corrected chi connectivity index (χ2v) is 9.71. The quantitative estimate of drug-likeness (QED) is 0.249. The number of hydrogen-bond acceptors (Lipinski definition) is 10. The Labute approximate surface area is 192 Å². The Hall–Kier alpha value is -3.48. The molecule has 2 aromatic rings. The highest BCUT2D eigenvalue weighted by Gasteiger charge is 2.61.